The van der Waals surface area contributed by atoms with Gasteiger partial charge >= 0.3 is 0 Å². The van der Waals surface area contributed by atoms with Gasteiger partial charge in [0.15, 0.2) is 0 Å². The minimum atomic E-state index is -0.0160. The molecular weight excluding hydrogens is 328 g/mol. The molecule has 4 heteroatoms. The van der Waals surface area contributed by atoms with Gasteiger partial charge in [-0.1, -0.05) is 52.3 Å². The maximum atomic E-state index is 7.66. The average Bonchev–Trinajstić information content (AvgIpc) is 2.47. The molecule has 3 rings (SSSR count). The normalized spacial score (nSPS) is 10.5. The summed E-state index contributed by atoms with van der Waals surface area (Å²) >= 11 is 3.42. The van der Waals surface area contributed by atoms with E-state index in [0.29, 0.717) is 11.3 Å². The van der Waals surface area contributed by atoms with Gasteiger partial charge in [-0.15, -0.1) is 0 Å². The highest BCUT2D eigenvalue weighted by Gasteiger charge is 2.10. The Morgan fingerprint density at radius 2 is 1.71 bits per heavy atom. The Bertz CT molecular complexity index is 825. The van der Waals surface area contributed by atoms with Gasteiger partial charge in [-0.05, 0) is 29.7 Å². The molecule has 104 valence electrons. The molecule has 0 fully saturated rings. The van der Waals surface area contributed by atoms with Crippen molar-refractivity contribution in [1.82, 2.24) is 0 Å². The number of nitrogen functional groups attached to an aromatic ring is 1. The molecule has 3 aromatic rings. The lowest BCUT2D eigenvalue weighted by Crippen LogP contribution is -2.12. The molecule has 0 aliphatic heterocycles. The second-order valence-electron chi connectivity index (χ2n) is 4.63. The second-order valence-corrected chi connectivity index (χ2v) is 5.55. The maximum Gasteiger partial charge on any atom is 0.139 e. The first-order valence-electron chi connectivity index (χ1n) is 6.45. The zero-order valence-corrected chi connectivity index (χ0v) is 12.7. The highest BCUT2D eigenvalue weighted by atomic mass is 79.9. The third-order valence-electron chi connectivity index (χ3n) is 3.20. The minimum Gasteiger partial charge on any atom is -0.456 e. The van der Waals surface area contributed by atoms with Crippen molar-refractivity contribution in [1.29, 1.82) is 5.41 Å². The molecule has 3 aromatic carbocycles. The largest absolute Gasteiger partial charge is 0.456 e. The van der Waals surface area contributed by atoms with Crippen LogP contribution >= 0.6 is 15.9 Å². The molecule has 0 aromatic heterocycles. The molecule has 0 spiro atoms. The van der Waals surface area contributed by atoms with E-state index in [-0.39, 0.29) is 5.84 Å². The van der Waals surface area contributed by atoms with Gasteiger partial charge in [0.1, 0.15) is 17.3 Å². The topological polar surface area (TPSA) is 59.1 Å². The summed E-state index contributed by atoms with van der Waals surface area (Å²) in [6.45, 7) is 0. The highest BCUT2D eigenvalue weighted by Crippen LogP contribution is 2.33. The number of nitrogens with one attached hydrogen (secondary N) is 1. The van der Waals surface area contributed by atoms with Crippen LogP contribution in [0, 0.1) is 5.41 Å². The van der Waals surface area contributed by atoms with Gasteiger partial charge in [0, 0.05) is 9.86 Å². The van der Waals surface area contributed by atoms with Crippen molar-refractivity contribution in [2.24, 2.45) is 5.73 Å². The maximum absolute atomic E-state index is 7.66. The van der Waals surface area contributed by atoms with Gasteiger partial charge in [0.25, 0.3) is 0 Å². The van der Waals surface area contributed by atoms with Crippen molar-refractivity contribution in [3.63, 3.8) is 0 Å². The summed E-state index contributed by atoms with van der Waals surface area (Å²) in [7, 11) is 0. The average molecular weight is 341 g/mol. The van der Waals surface area contributed by atoms with E-state index in [9.17, 15) is 0 Å². The van der Waals surface area contributed by atoms with Gasteiger partial charge in [-0.2, -0.15) is 0 Å². The lowest BCUT2D eigenvalue weighted by atomic mass is 10.1. The first-order valence-corrected chi connectivity index (χ1v) is 7.24. The quantitative estimate of drug-likeness (QED) is 0.537. The lowest BCUT2D eigenvalue weighted by molar-refractivity contribution is 0.487. The van der Waals surface area contributed by atoms with Crippen LogP contribution in [0.1, 0.15) is 5.56 Å². The molecule has 0 saturated carbocycles. The fourth-order valence-corrected chi connectivity index (χ4v) is 2.55. The van der Waals surface area contributed by atoms with Gasteiger partial charge < -0.3 is 10.5 Å². The van der Waals surface area contributed by atoms with E-state index >= 15 is 0 Å². The van der Waals surface area contributed by atoms with Gasteiger partial charge in [0.2, 0.25) is 0 Å². The van der Waals surface area contributed by atoms with Crippen LogP contribution < -0.4 is 10.5 Å². The van der Waals surface area contributed by atoms with E-state index in [1.165, 1.54) is 0 Å². The number of hydrogen-bond acceptors (Lipinski definition) is 2. The summed E-state index contributed by atoms with van der Waals surface area (Å²) in [5, 5.41) is 9.79. The summed E-state index contributed by atoms with van der Waals surface area (Å²) in [5.41, 5.74) is 6.19. The van der Waals surface area contributed by atoms with Crippen LogP contribution in [0.25, 0.3) is 10.8 Å². The summed E-state index contributed by atoms with van der Waals surface area (Å²) in [6.07, 6.45) is 0. The number of halogens is 1. The highest BCUT2D eigenvalue weighted by molar-refractivity contribution is 9.10. The number of ether oxygens (including phenoxy) is 1. The first kappa shape index (κ1) is 13.6. The van der Waals surface area contributed by atoms with Gasteiger partial charge in [0.05, 0.1) is 5.56 Å². The van der Waals surface area contributed by atoms with E-state index in [2.05, 4.69) is 15.9 Å². The number of fused-ring (bicyclic) bond motifs is 1. The Hall–Kier alpha value is -2.33. The zero-order valence-electron chi connectivity index (χ0n) is 11.1. The molecule has 0 saturated heterocycles. The zero-order chi connectivity index (χ0) is 14.8. The fraction of sp³-hybridized carbons (Fsp3) is 0. The molecule has 0 atom stereocenters. The standard InChI is InChI=1S/C17H13BrN2O/c18-12-8-9-14(17(19)20)16(10-12)21-15-7-3-5-11-4-1-2-6-13(11)15/h1-10H,(H3,19,20). The molecule has 3 N–H and O–H groups in total. The molecular formula is C17H13BrN2O. The SMILES string of the molecule is N=C(N)c1ccc(Br)cc1Oc1cccc2ccccc12. The Kier molecular flexibility index (Phi) is 3.62. The Labute approximate surface area is 131 Å². The molecule has 0 amide bonds. The predicted molar refractivity (Wildman–Crippen MR) is 89.2 cm³/mol. The molecule has 0 aliphatic rings. The van der Waals surface area contributed by atoms with Gasteiger partial charge in [-0.25, -0.2) is 0 Å². The first-order chi connectivity index (χ1) is 10.1. The summed E-state index contributed by atoms with van der Waals surface area (Å²) in [6, 6.07) is 19.3. The van der Waals surface area contributed by atoms with Crippen molar-refractivity contribution in [3.05, 3.63) is 70.7 Å². The number of nitrogens with two attached hydrogens (primary N) is 1. The van der Waals surface area contributed by atoms with E-state index < -0.39 is 0 Å². The summed E-state index contributed by atoms with van der Waals surface area (Å²) in [4.78, 5) is 0. The molecule has 0 bridgehead atoms. The summed E-state index contributed by atoms with van der Waals surface area (Å²) in [5.74, 6) is 1.29. The monoisotopic (exact) mass is 340 g/mol. The van der Waals surface area contributed by atoms with Gasteiger partial charge in [-0.3, -0.25) is 5.41 Å². The van der Waals surface area contributed by atoms with Crippen LogP contribution in [0.4, 0.5) is 0 Å². The van der Waals surface area contributed by atoms with Crippen molar-refractivity contribution in [2.45, 2.75) is 0 Å². The van der Waals surface area contributed by atoms with Crippen molar-refractivity contribution in [2.75, 3.05) is 0 Å². The predicted octanol–water partition coefficient (Wildman–Crippen LogP) is 4.68. The molecule has 0 unspecified atom stereocenters. The Morgan fingerprint density at radius 1 is 0.952 bits per heavy atom. The molecule has 0 radical (unpaired) electrons. The van der Waals surface area contributed by atoms with Crippen LogP contribution in [-0.4, -0.2) is 5.84 Å². The van der Waals surface area contributed by atoms with Crippen molar-refractivity contribution in [3.8, 4) is 11.5 Å². The molecule has 0 heterocycles. The van der Waals surface area contributed by atoms with Crippen LogP contribution in [-0.2, 0) is 0 Å². The third kappa shape index (κ3) is 2.76. The van der Waals surface area contributed by atoms with Crippen LogP contribution in [0.5, 0.6) is 11.5 Å². The van der Waals surface area contributed by atoms with E-state index in [4.69, 9.17) is 15.9 Å². The van der Waals surface area contributed by atoms with Crippen LogP contribution in [0.15, 0.2) is 65.1 Å². The Morgan fingerprint density at radius 3 is 2.52 bits per heavy atom. The minimum absolute atomic E-state index is 0.0160. The summed E-state index contributed by atoms with van der Waals surface area (Å²) < 4.78 is 6.89. The van der Waals surface area contributed by atoms with E-state index in [1.807, 2.05) is 54.6 Å². The van der Waals surface area contributed by atoms with E-state index in [0.717, 1.165) is 21.0 Å². The van der Waals surface area contributed by atoms with Crippen molar-refractivity contribution >= 4 is 32.5 Å². The van der Waals surface area contributed by atoms with Crippen LogP contribution in [0.3, 0.4) is 0 Å². The second kappa shape index (κ2) is 5.58. The Balaban J connectivity index is 2.11. The fourth-order valence-electron chi connectivity index (χ4n) is 2.21. The smallest absolute Gasteiger partial charge is 0.139 e. The molecule has 3 nitrogen and oxygen atoms in total. The number of amidine groups is 1. The molecule has 21 heavy (non-hydrogen) atoms. The number of rotatable bonds is 3. The third-order valence-corrected chi connectivity index (χ3v) is 3.70. The van der Waals surface area contributed by atoms with Crippen molar-refractivity contribution < 1.29 is 4.74 Å². The van der Waals surface area contributed by atoms with E-state index in [1.54, 1.807) is 6.07 Å². The number of benzene rings is 3. The van der Waals surface area contributed by atoms with Crippen LogP contribution in [0.2, 0.25) is 0 Å². The lowest BCUT2D eigenvalue weighted by Gasteiger charge is -2.12. The number of hydrogen-bond donors (Lipinski definition) is 2. The molecule has 0 aliphatic carbocycles.